The average Bonchev–Trinajstić information content (AvgIpc) is 2.85. The molecule has 180 valence electrons. The van der Waals surface area contributed by atoms with Crippen LogP contribution >= 0.6 is 0 Å². The van der Waals surface area contributed by atoms with E-state index >= 15 is 0 Å². The van der Waals surface area contributed by atoms with E-state index in [1.807, 2.05) is 30.3 Å². The third-order valence-electron chi connectivity index (χ3n) is 5.56. The summed E-state index contributed by atoms with van der Waals surface area (Å²) in [7, 11) is 5.58. The van der Waals surface area contributed by atoms with Crippen molar-refractivity contribution < 1.29 is 33.7 Å². The summed E-state index contributed by atoms with van der Waals surface area (Å²) in [5, 5.41) is 9.79. The van der Waals surface area contributed by atoms with Gasteiger partial charge in [0.2, 0.25) is 11.6 Å². The van der Waals surface area contributed by atoms with Gasteiger partial charge in [-0.25, -0.2) is 0 Å². The van der Waals surface area contributed by atoms with Gasteiger partial charge in [0.25, 0.3) is 5.91 Å². The van der Waals surface area contributed by atoms with Crippen LogP contribution in [0.2, 0.25) is 0 Å². The number of methoxy groups -OCH3 is 3. The predicted molar refractivity (Wildman–Crippen MR) is 124 cm³/mol. The fourth-order valence-electron chi connectivity index (χ4n) is 3.95. The molecule has 0 saturated heterocycles. The van der Waals surface area contributed by atoms with E-state index < -0.39 is 17.5 Å². The zero-order chi connectivity index (χ0) is 24.8. The van der Waals surface area contributed by atoms with E-state index in [-0.39, 0.29) is 60.3 Å². The Balaban J connectivity index is 2.28. The first-order valence-electron chi connectivity index (χ1n) is 10.6. The number of amides is 1. The molecule has 0 saturated carbocycles. The Morgan fingerprint density at radius 3 is 1.94 bits per heavy atom. The molecule has 1 amide bonds. The van der Waals surface area contributed by atoms with Crippen LogP contribution in [0.4, 0.5) is 0 Å². The zero-order valence-corrected chi connectivity index (χ0v) is 19.7. The molecule has 2 aromatic carbocycles. The van der Waals surface area contributed by atoms with Crippen LogP contribution in [-0.4, -0.2) is 80.5 Å². The van der Waals surface area contributed by atoms with Gasteiger partial charge in [0.1, 0.15) is 29.5 Å². The van der Waals surface area contributed by atoms with Gasteiger partial charge in [-0.15, -0.1) is 0 Å². The first kappa shape index (κ1) is 24.9. The molecule has 0 fully saturated rings. The molecule has 0 spiro atoms. The standard InChI is InChI=1S/C25H28N2O7/c1-26(19(29)15-32-2)22-23(27(12-13-28)14-16-8-6-5-7-9-16)25(31)21-18(34-4)11-10-17(33-3)20(21)24(22)30/h5-11,28H,12-15H2,1-4H3. The second kappa shape index (κ2) is 11.0. The first-order chi connectivity index (χ1) is 16.4. The fraction of sp³-hybridized carbons (Fsp3) is 0.320. The van der Waals surface area contributed by atoms with Gasteiger partial charge in [-0.2, -0.15) is 0 Å². The monoisotopic (exact) mass is 468 g/mol. The summed E-state index contributed by atoms with van der Waals surface area (Å²) in [4.78, 5) is 43.3. The number of likely N-dealkylation sites (N-methyl/N-ethyl adjacent to an activating group) is 1. The number of fused-ring (bicyclic) bond motifs is 1. The molecule has 1 aliphatic rings. The van der Waals surface area contributed by atoms with Crippen molar-refractivity contribution in [2.75, 3.05) is 48.1 Å². The number of ketones is 2. The van der Waals surface area contributed by atoms with E-state index in [4.69, 9.17) is 14.2 Å². The molecule has 0 aromatic heterocycles. The van der Waals surface area contributed by atoms with Gasteiger partial charge in [-0.05, 0) is 17.7 Å². The molecular formula is C25H28N2O7. The molecule has 0 heterocycles. The second-order valence-corrected chi connectivity index (χ2v) is 7.59. The quantitative estimate of drug-likeness (QED) is 0.564. The van der Waals surface area contributed by atoms with Crippen LogP contribution in [0, 0.1) is 0 Å². The molecule has 1 N–H and O–H groups in total. The highest BCUT2D eigenvalue weighted by molar-refractivity contribution is 6.29. The van der Waals surface area contributed by atoms with Crippen LogP contribution < -0.4 is 9.47 Å². The highest BCUT2D eigenvalue weighted by Gasteiger charge is 2.42. The summed E-state index contributed by atoms with van der Waals surface area (Å²) < 4.78 is 15.7. The number of Topliss-reactive ketones (excluding diaryl/α,β-unsaturated/α-hetero) is 2. The molecule has 0 atom stereocenters. The first-order valence-corrected chi connectivity index (χ1v) is 10.6. The highest BCUT2D eigenvalue weighted by atomic mass is 16.5. The SMILES string of the molecule is COCC(=O)N(C)C1=C(N(CCO)Cc2ccccc2)C(=O)c2c(OC)ccc(OC)c2C1=O. The Kier molecular flexibility index (Phi) is 8.04. The molecule has 9 nitrogen and oxygen atoms in total. The number of benzene rings is 2. The number of aliphatic hydroxyl groups is 1. The molecule has 9 heteroatoms. The van der Waals surface area contributed by atoms with Crippen LogP contribution in [-0.2, 0) is 16.1 Å². The maximum Gasteiger partial charge on any atom is 0.252 e. The highest BCUT2D eigenvalue weighted by Crippen LogP contribution is 2.40. The minimum absolute atomic E-state index is 0.00564. The number of hydrogen-bond donors (Lipinski definition) is 1. The minimum atomic E-state index is -0.566. The van der Waals surface area contributed by atoms with Crippen molar-refractivity contribution in [3.8, 4) is 11.5 Å². The lowest BCUT2D eigenvalue weighted by Crippen LogP contribution is -2.42. The van der Waals surface area contributed by atoms with E-state index in [1.165, 1.54) is 34.4 Å². The van der Waals surface area contributed by atoms with E-state index in [0.717, 1.165) is 10.5 Å². The Morgan fingerprint density at radius 2 is 1.44 bits per heavy atom. The topological polar surface area (TPSA) is 106 Å². The molecule has 0 aliphatic heterocycles. The van der Waals surface area contributed by atoms with Crippen LogP contribution in [0.25, 0.3) is 0 Å². The van der Waals surface area contributed by atoms with E-state index in [0.29, 0.717) is 0 Å². The van der Waals surface area contributed by atoms with Crippen molar-refractivity contribution >= 4 is 17.5 Å². The van der Waals surface area contributed by atoms with Crippen LogP contribution in [0.1, 0.15) is 26.3 Å². The summed E-state index contributed by atoms with van der Waals surface area (Å²) in [6.07, 6.45) is 0. The smallest absolute Gasteiger partial charge is 0.252 e. The number of allylic oxidation sites excluding steroid dienone is 2. The predicted octanol–water partition coefficient (Wildman–Crippen LogP) is 1.89. The molecule has 0 bridgehead atoms. The fourth-order valence-corrected chi connectivity index (χ4v) is 3.95. The summed E-state index contributed by atoms with van der Waals surface area (Å²) in [6.45, 7) is -0.272. The summed E-state index contributed by atoms with van der Waals surface area (Å²) in [6, 6.07) is 12.4. The molecule has 2 aromatic rings. The molecule has 3 rings (SSSR count). The van der Waals surface area contributed by atoms with E-state index in [1.54, 1.807) is 11.0 Å². The van der Waals surface area contributed by atoms with Crippen LogP contribution in [0.5, 0.6) is 11.5 Å². The third kappa shape index (κ3) is 4.66. The van der Waals surface area contributed by atoms with Gasteiger partial charge >= 0.3 is 0 Å². The van der Waals surface area contributed by atoms with Crippen molar-refractivity contribution in [3.05, 3.63) is 70.5 Å². The Morgan fingerprint density at radius 1 is 0.882 bits per heavy atom. The van der Waals surface area contributed by atoms with Crippen molar-refractivity contribution in [2.24, 2.45) is 0 Å². The van der Waals surface area contributed by atoms with Crippen LogP contribution in [0.3, 0.4) is 0 Å². The lowest BCUT2D eigenvalue weighted by Gasteiger charge is -2.34. The van der Waals surface area contributed by atoms with Gasteiger partial charge in [0, 0.05) is 27.2 Å². The molecule has 1 aliphatic carbocycles. The number of carbonyl (C=O) groups excluding carboxylic acids is 3. The number of ether oxygens (including phenoxy) is 3. The summed E-state index contributed by atoms with van der Waals surface area (Å²) in [5.41, 5.74) is 0.808. The van der Waals surface area contributed by atoms with Gasteiger partial charge < -0.3 is 29.1 Å². The Bertz CT molecular complexity index is 1110. The molecule has 0 unspecified atom stereocenters. The molecule has 34 heavy (non-hydrogen) atoms. The van der Waals surface area contributed by atoms with Gasteiger partial charge in [-0.1, -0.05) is 30.3 Å². The lowest BCUT2D eigenvalue weighted by molar-refractivity contribution is -0.131. The number of hydrogen-bond acceptors (Lipinski definition) is 8. The molecule has 0 radical (unpaired) electrons. The number of aliphatic hydroxyl groups excluding tert-OH is 1. The Labute approximate surface area is 198 Å². The van der Waals surface area contributed by atoms with Crippen LogP contribution in [0.15, 0.2) is 53.9 Å². The maximum atomic E-state index is 14.0. The van der Waals surface area contributed by atoms with Crippen molar-refractivity contribution in [1.29, 1.82) is 0 Å². The summed E-state index contributed by atoms with van der Waals surface area (Å²) in [5.74, 6) is -1.19. The van der Waals surface area contributed by atoms with E-state index in [9.17, 15) is 19.5 Å². The normalized spacial score (nSPS) is 13.0. The zero-order valence-electron chi connectivity index (χ0n) is 19.7. The van der Waals surface area contributed by atoms with E-state index in [2.05, 4.69) is 0 Å². The third-order valence-corrected chi connectivity index (χ3v) is 5.56. The average molecular weight is 469 g/mol. The number of carbonyl (C=O) groups is 3. The lowest BCUT2D eigenvalue weighted by atomic mass is 9.87. The van der Waals surface area contributed by atoms with Gasteiger partial charge in [0.05, 0.1) is 32.0 Å². The van der Waals surface area contributed by atoms with Crippen molar-refractivity contribution in [3.63, 3.8) is 0 Å². The Hall–Kier alpha value is -3.69. The van der Waals surface area contributed by atoms with Crippen molar-refractivity contribution in [2.45, 2.75) is 6.54 Å². The number of nitrogens with zero attached hydrogens (tertiary/aromatic N) is 2. The van der Waals surface area contributed by atoms with Gasteiger partial charge in [-0.3, -0.25) is 14.4 Å². The largest absolute Gasteiger partial charge is 0.496 e. The summed E-state index contributed by atoms with van der Waals surface area (Å²) >= 11 is 0. The molecular weight excluding hydrogens is 440 g/mol. The minimum Gasteiger partial charge on any atom is -0.496 e. The van der Waals surface area contributed by atoms with Crippen molar-refractivity contribution in [1.82, 2.24) is 9.80 Å². The van der Waals surface area contributed by atoms with Gasteiger partial charge in [0.15, 0.2) is 0 Å². The maximum absolute atomic E-state index is 14.0. The second-order valence-electron chi connectivity index (χ2n) is 7.59. The number of rotatable bonds is 10.